The maximum atomic E-state index is 12.2. The van der Waals surface area contributed by atoms with Gasteiger partial charge >= 0.3 is 0 Å². The molecule has 1 aromatic carbocycles. The number of anilines is 1. The Bertz CT molecular complexity index is 1110. The number of rotatable bonds is 6. The lowest BCUT2D eigenvalue weighted by atomic mass is 10.2. The first-order valence-electron chi connectivity index (χ1n) is 10.6. The minimum absolute atomic E-state index is 0.155. The highest BCUT2D eigenvalue weighted by Gasteiger charge is 2.30. The Morgan fingerprint density at radius 2 is 1.97 bits per heavy atom. The lowest BCUT2D eigenvalue weighted by Gasteiger charge is -2.36. The van der Waals surface area contributed by atoms with Crippen LogP contribution < -0.4 is 14.9 Å². The average molecular weight is 458 g/mol. The summed E-state index contributed by atoms with van der Waals surface area (Å²) < 4.78 is 32.4. The standard InChI is InChI=1S/C22H27N5O4S/c1-15-13-27(14-16(2)31-15)20-8-7-17(11-24-20)12-25-21(28)9-10-23-22-18-5-3-4-6-19(18)32(29,30)26-22/h3-8,11,15-16H,9-10,12-14H2,1-2H3,(H,23,26)(H,25,28). The molecule has 10 heteroatoms. The van der Waals surface area contributed by atoms with Crippen LogP contribution in [-0.2, 0) is 26.1 Å². The fourth-order valence-corrected chi connectivity index (χ4v) is 5.13. The van der Waals surface area contributed by atoms with Crippen LogP contribution in [0.25, 0.3) is 0 Å². The maximum Gasteiger partial charge on any atom is 0.263 e. The van der Waals surface area contributed by atoms with Crippen molar-refractivity contribution in [2.24, 2.45) is 4.99 Å². The number of pyridine rings is 1. The summed E-state index contributed by atoms with van der Waals surface area (Å²) in [6.45, 7) is 6.26. The van der Waals surface area contributed by atoms with Gasteiger partial charge < -0.3 is 15.0 Å². The summed E-state index contributed by atoms with van der Waals surface area (Å²) in [5.41, 5.74) is 1.43. The van der Waals surface area contributed by atoms with E-state index in [0.717, 1.165) is 24.5 Å². The van der Waals surface area contributed by atoms with Crippen LogP contribution in [0.3, 0.4) is 0 Å². The van der Waals surface area contributed by atoms with Gasteiger partial charge in [0.2, 0.25) is 5.91 Å². The molecule has 9 nitrogen and oxygen atoms in total. The highest BCUT2D eigenvalue weighted by atomic mass is 32.2. The first kappa shape index (κ1) is 22.2. The van der Waals surface area contributed by atoms with Crippen molar-refractivity contribution in [3.63, 3.8) is 0 Å². The second-order valence-electron chi connectivity index (χ2n) is 8.05. The van der Waals surface area contributed by atoms with E-state index in [1.807, 2.05) is 12.1 Å². The van der Waals surface area contributed by atoms with Crippen molar-refractivity contribution >= 4 is 27.6 Å². The molecule has 1 fully saturated rings. The molecule has 2 atom stereocenters. The Balaban J connectivity index is 1.26. The summed E-state index contributed by atoms with van der Waals surface area (Å²) in [5.74, 6) is 1.01. The SMILES string of the molecule is CC1CN(c2ccc(CNC(=O)CCN=C3NS(=O)(=O)c4ccccc43)cn2)CC(C)O1. The van der Waals surface area contributed by atoms with Crippen LogP contribution in [-0.4, -0.2) is 57.0 Å². The Hall–Kier alpha value is -2.98. The highest BCUT2D eigenvalue weighted by molar-refractivity contribution is 7.90. The number of aromatic nitrogens is 1. The molecule has 32 heavy (non-hydrogen) atoms. The highest BCUT2D eigenvalue weighted by Crippen LogP contribution is 2.22. The number of nitrogens with zero attached hydrogens (tertiary/aromatic N) is 3. The van der Waals surface area contributed by atoms with E-state index >= 15 is 0 Å². The minimum Gasteiger partial charge on any atom is -0.372 e. The molecule has 0 radical (unpaired) electrons. The lowest BCUT2D eigenvalue weighted by Crippen LogP contribution is -2.45. The first-order valence-corrected chi connectivity index (χ1v) is 12.1. The van der Waals surface area contributed by atoms with Gasteiger partial charge in [0.15, 0.2) is 0 Å². The van der Waals surface area contributed by atoms with Crippen molar-refractivity contribution in [1.82, 2.24) is 15.0 Å². The molecular formula is C22H27N5O4S. The van der Waals surface area contributed by atoms with Gasteiger partial charge in [0.25, 0.3) is 10.0 Å². The lowest BCUT2D eigenvalue weighted by molar-refractivity contribution is -0.121. The molecule has 0 aliphatic carbocycles. The number of amides is 1. The van der Waals surface area contributed by atoms with Gasteiger partial charge in [0, 0.05) is 37.8 Å². The molecule has 4 rings (SSSR count). The molecule has 170 valence electrons. The van der Waals surface area contributed by atoms with Gasteiger partial charge in [-0.15, -0.1) is 0 Å². The molecule has 1 aromatic heterocycles. The number of morpholine rings is 1. The number of amidine groups is 1. The third kappa shape index (κ3) is 5.08. The fraction of sp³-hybridized carbons (Fsp3) is 0.409. The molecule has 1 saturated heterocycles. The molecule has 2 aliphatic heterocycles. The van der Waals surface area contributed by atoms with E-state index in [2.05, 4.69) is 38.8 Å². The van der Waals surface area contributed by atoms with Crippen LogP contribution in [0.15, 0.2) is 52.5 Å². The van der Waals surface area contributed by atoms with Crippen LogP contribution in [0.5, 0.6) is 0 Å². The Morgan fingerprint density at radius 1 is 1.22 bits per heavy atom. The number of hydrogen-bond acceptors (Lipinski definition) is 7. The number of benzene rings is 1. The molecule has 2 N–H and O–H groups in total. The summed E-state index contributed by atoms with van der Waals surface area (Å²) in [5, 5.41) is 2.85. The normalized spacial score (nSPS) is 22.9. The van der Waals surface area contributed by atoms with Crippen molar-refractivity contribution in [2.75, 3.05) is 24.5 Å². The zero-order valence-electron chi connectivity index (χ0n) is 18.1. The van der Waals surface area contributed by atoms with Crippen molar-refractivity contribution in [2.45, 2.75) is 43.9 Å². The Morgan fingerprint density at radius 3 is 2.69 bits per heavy atom. The number of ether oxygens (including phenoxy) is 1. The minimum atomic E-state index is -3.57. The van der Waals surface area contributed by atoms with E-state index in [1.165, 1.54) is 6.07 Å². The number of carbonyl (C=O) groups is 1. The van der Waals surface area contributed by atoms with Crippen LogP contribution in [0, 0.1) is 0 Å². The quantitative estimate of drug-likeness (QED) is 0.679. The van der Waals surface area contributed by atoms with Gasteiger partial charge in [-0.25, -0.2) is 13.4 Å². The molecule has 1 amide bonds. The smallest absolute Gasteiger partial charge is 0.263 e. The predicted octanol–water partition coefficient (Wildman–Crippen LogP) is 1.44. The summed E-state index contributed by atoms with van der Waals surface area (Å²) in [4.78, 5) is 23.4. The Labute approximate surface area is 188 Å². The van der Waals surface area contributed by atoms with Gasteiger partial charge in [-0.1, -0.05) is 18.2 Å². The average Bonchev–Trinajstić information content (AvgIpc) is 3.02. The number of nitrogens with one attached hydrogen (secondary N) is 2. The summed E-state index contributed by atoms with van der Waals surface area (Å²) in [7, 11) is -3.57. The second-order valence-corrected chi connectivity index (χ2v) is 9.70. The van der Waals surface area contributed by atoms with E-state index < -0.39 is 10.0 Å². The van der Waals surface area contributed by atoms with Crippen molar-refractivity contribution in [3.8, 4) is 0 Å². The number of sulfonamides is 1. The van der Waals surface area contributed by atoms with Crippen molar-refractivity contribution < 1.29 is 17.9 Å². The molecule has 0 spiro atoms. The third-order valence-corrected chi connectivity index (χ3v) is 6.71. The predicted molar refractivity (Wildman–Crippen MR) is 121 cm³/mol. The van der Waals surface area contributed by atoms with Gasteiger partial charge in [-0.05, 0) is 37.6 Å². The molecule has 0 bridgehead atoms. The number of fused-ring (bicyclic) bond motifs is 1. The van der Waals surface area contributed by atoms with Crippen LogP contribution in [0.4, 0.5) is 5.82 Å². The monoisotopic (exact) mass is 457 g/mol. The fourth-order valence-electron chi connectivity index (χ4n) is 3.88. The molecule has 3 heterocycles. The summed E-state index contributed by atoms with van der Waals surface area (Å²) in [6, 6.07) is 10.6. The molecule has 2 unspecified atom stereocenters. The van der Waals surface area contributed by atoms with E-state index in [9.17, 15) is 13.2 Å². The van der Waals surface area contributed by atoms with Crippen LogP contribution >= 0.6 is 0 Å². The van der Waals surface area contributed by atoms with E-state index in [1.54, 1.807) is 24.4 Å². The van der Waals surface area contributed by atoms with E-state index in [0.29, 0.717) is 12.1 Å². The molecular weight excluding hydrogens is 430 g/mol. The van der Waals surface area contributed by atoms with Gasteiger partial charge in [-0.2, -0.15) is 0 Å². The maximum absolute atomic E-state index is 12.2. The number of hydrogen-bond donors (Lipinski definition) is 2. The van der Waals surface area contributed by atoms with Gasteiger partial charge in [0.05, 0.1) is 23.6 Å². The second kappa shape index (κ2) is 9.25. The molecule has 2 aromatic rings. The Kier molecular flexibility index (Phi) is 6.43. The van der Waals surface area contributed by atoms with Crippen LogP contribution in [0.2, 0.25) is 0 Å². The largest absolute Gasteiger partial charge is 0.372 e. The zero-order chi connectivity index (χ0) is 22.7. The van der Waals surface area contributed by atoms with E-state index in [-0.39, 0.29) is 41.8 Å². The van der Waals surface area contributed by atoms with E-state index in [4.69, 9.17) is 4.74 Å². The third-order valence-electron chi connectivity index (χ3n) is 5.31. The number of aliphatic imine (C=N–C) groups is 1. The van der Waals surface area contributed by atoms with Crippen molar-refractivity contribution in [1.29, 1.82) is 0 Å². The zero-order valence-corrected chi connectivity index (χ0v) is 18.9. The van der Waals surface area contributed by atoms with Crippen LogP contribution in [0.1, 0.15) is 31.4 Å². The topological polar surface area (TPSA) is 113 Å². The molecule has 0 saturated carbocycles. The van der Waals surface area contributed by atoms with Crippen molar-refractivity contribution in [3.05, 3.63) is 53.7 Å². The molecule has 2 aliphatic rings. The number of carbonyl (C=O) groups excluding carboxylic acids is 1. The summed E-state index contributed by atoms with van der Waals surface area (Å²) in [6.07, 6.45) is 2.25. The van der Waals surface area contributed by atoms with Gasteiger partial charge in [-0.3, -0.25) is 14.5 Å². The first-order chi connectivity index (χ1) is 15.3. The van der Waals surface area contributed by atoms with Gasteiger partial charge in [0.1, 0.15) is 11.7 Å². The summed E-state index contributed by atoms with van der Waals surface area (Å²) >= 11 is 0.